The molecule has 28 heavy (non-hydrogen) atoms. The van der Waals surface area contributed by atoms with Gasteiger partial charge in [-0.05, 0) is 36.2 Å². The number of carbonyl (C=O) groups excluding carboxylic acids is 1. The first kappa shape index (κ1) is 22.5. The third-order valence-electron chi connectivity index (χ3n) is 5.13. The van der Waals surface area contributed by atoms with Crippen LogP contribution >= 0.6 is 24.0 Å². The highest BCUT2D eigenvalue weighted by atomic mass is 35.5. The first-order chi connectivity index (χ1) is 13.1. The predicted molar refractivity (Wildman–Crippen MR) is 115 cm³/mol. The lowest BCUT2D eigenvalue weighted by atomic mass is 9.89. The van der Waals surface area contributed by atoms with E-state index in [4.69, 9.17) is 22.1 Å². The monoisotopic (exact) mass is 423 g/mol. The van der Waals surface area contributed by atoms with E-state index >= 15 is 0 Å². The van der Waals surface area contributed by atoms with Gasteiger partial charge in [0.2, 0.25) is 5.91 Å². The Morgan fingerprint density at radius 1 is 1.25 bits per heavy atom. The lowest BCUT2D eigenvalue weighted by molar-refractivity contribution is -0.122. The molecule has 3 rings (SSSR count). The maximum absolute atomic E-state index is 12.4. The van der Waals surface area contributed by atoms with E-state index in [0.717, 1.165) is 18.7 Å². The fraction of sp³-hybridized carbons (Fsp3) is 0.381. The van der Waals surface area contributed by atoms with Gasteiger partial charge in [-0.2, -0.15) is 0 Å². The number of rotatable bonds is 7. The number of hydrogen-bond donors (Lipinski definition) is 2. The Hall–Kier alpha value is -1.79. The Labute approximate surface area is 177 Å². The number of likely N-dealkylation sites (tertiary alicyclic amines) is 1. The zero-order valence-corrected chi connectivity index (χ0v) is 17.5. The second-order valence-corrected chi connectivity index (χ2v) is 7.38. The van der Waals surface area contributed by atoms with Crippen molar-refractivity contribution in [2.45, 2.75) is 12.5 Å². The van der Waals surface area contributed by atoms with E-state index in [-0.39, 0.29) is 18.3 Å². The average Bonchev–Trinajstić information content (AvgIpc) is 3.10. The minimum Gasteiger partial charge on any atom is -0.496 e. The minimum absolute atomic E-state index is 0. The van der Waals surface area contributed by atoms with Gasteiger partial charge in [0.1, 0.15) is 5.75 Å². The van der Waals surface area contributed by atoms with E-state index in [1.807, 2.05) is 12.1 Å². The Balaban J connectivity index is 0.00000280. The molecule has 1 saturated heterocycles. The smallest absolute Gasteiger partial charge is 0.234 e. The average molecular weight is 424 g/mol. The maximum atomic E-state index is 12.4. The number of benzene rings is 2. The van der Waals surface area contributed by atoms with Crippen molar-refractivity contribution in [1.29, 1.82) is 0 Å². The van der Waals surface area contributed by atoms with Crippen LogP contribution in [0.1, 0.15) is 17.0 Å². The Morgan fingerprint density at radius 3 is 2.68 bits per heavy atom. The van der Waals surface area contributed by atoms with Crippen LogP contribution in [0.4, 0.5) is 0 Å². The molecule has 1 aliphatic rings. The molecule has 5 nitrogen and oxygen atoms in total. The maximum Gasteiger partial charge on any atom is 0.234 e. The van der Waals surface area contributed by atoms with Crippen LogP contribution < -0.4 is 15.8 Å². The van der Waals surface area contributed by atoms with Crippen molar-refractivity contribution in [2.75, 3.05) is 33.3 Å². The Kier molecular flexibility index (Phi) is 8.58. The van der Waals surface area contributed by atoms with Crippen molar-refractivity contribution in [1.82, 2.24) is 10.2 Å². The zero-order chi connectivity index (χ0) is 19.2. The third kappa shape index (κ3) is 5.61. The fourth-order valence-electron chi connectivity index (χ4n) is 3.74. The SMILES string of the molecule is COc1ccc(Cl)cc1CNC(=O)CN1C[C@@H](CN)[C@H](c2ccccc2)C1.Cl. The van der Waals surface area contributed by atoms with Crippen molar-refractivity contribution in [3.63, 3.8) is 0 Å². The zero-order valence-electron chi connectivity index (χ0n) is 15.9. The molecule has 1 amide bonds. The topological polar surface area (TPSA) is 67.6 Å². The molecule has 2 aromatic carbocycles. The fourth-order valence-corrected chi connectivity index (χ4v) is 3.94. The Morgan fingerprint density at radius 2 is 2.00 bits per heavy atom. The summed E-state index contributed by atoms with van der Waals surface area (Å²) in [6, 6.07) is 15.8. The number of nitrogens with zero attached hydrogens (tertiary/aromatic N) is 1. The van der Waals surface area contributed by atoms with E-state index in [1.165, 1.54) is 5.56 Å². The standard InChI is InChI=1S/C21H26ClN3O2.ClH/c1-27-20-8-7-18(22)9-16(20)11-24-21(26)14-25-12-17(10-23)19(13-25)15-5-3-2-4-6-15;/h2-9,17,19H,10-14,23H2,1H3,(H,24,26);1H/t17-,19+;/m1./s1. The van der Waals surface area contributed by atoms with Gasteiger partial charge in [-0.15, -0.1) is 12.4 Å². The lowest BCUT2D eigenvalue weighted by Crippen LogP contribution is -2.36. The van der Waals surface area contributed by atoms with Gasteiger partial charge in [-0.1, -0.05) is 41.9 Å². The molecule has 0 unspecified atom stereocenters. The molecule has 0 saturated carbocycles. The highest BCUT2D eigenvalue weighted by Gasteiger charge is 2.33. The second kappa shape index (κ2) is 10.7. The summed E-state index contributed by atoms with van der Waals surface area (Å²) in [6.07, 6.45) is 0. The van der Waals surface area contributed by atoms with Crippen molar-refractivity contribution in [3.05, 3.63) is 64.7 Å². The molecule has 1 heterocycles. The van der Waals surface area contributed by atoms with Crippen LogP contribution in [0.5, 0.6) is 5.75 Å². The first-order valence-electron chi connectivity index (χ1n) is 9.17. The third-order valence-corrected chi connectivity index (χ3v) is 5.37. The van der Waals surface area contributed by atoms with Crippen LogP contribution in [0.25, 0.3) is 0 Å². The molecule has 0 radical (unpaired) electrons. The van der Waals surface area contributed by atoms with E-state index in [0.29, 0.717) is 42.2 Å². The Bertz CT molecular complexity index is 774. The summed E-state index contributed by atoms with van der Waals surface area (Å²) in [4.78, 5) is 14.6. The van der Waals surface area contributed by atoms with Gasteiger partial charge in [0.05, 0.1) is 13.7 Å². The quantitative estimate of drug-likeness (QED) is 0.717. The molecule has 0 spiro atoms. The van der Waals surface area contributed by atoms with Crippen LogP contribution in [0, 0.1) is 5.92 Å². The lowest BCUT2D eigenvalue weighted by Gasteiger charge is -2.17. The highest BCUT2D eigenvalue weighted by molar-refractivity contribution is 6.30. The van der Waals surface area contributed by atoms with Gasteiger partial charge in [-0.3, -0.25) is 9.69 Å². The molecule has 2 atom stereocenters. The summed E-state index contributed by atoms with van der Waals surface area (Å²) in [5.41, 5.74) is 8.14. The molecule has 0 bridgehead atoms. The van der Waals surface area contributed by atoms with Crippen molar-refractivity contribution in [3.8, 4) is 5.75 Å². The number of methoxy groups -OCH3 is 1. The number of hydrogen-bond acceptors (Lipinski definition) is 4. The summed E-state index contributed by atoms with van der Waals surface area (Å²) < 4.78 is 5.32. The van der Waals surface area contributed by atoms with Gasteiger partial charge in [0.15, 0.2) is 0 Å². The molecule has 1 fully saturated rings. The number of nitrogens with one attached hydrogen (secondary N) is 1. The number of amides is 1. The predicted octanol–water partition coefficient (Wildman–Crippen LogP) is 3.06. The molecule has 1 aliphatic heterocycles. The second-order valence-electron chi connectivity index (χ2n) is 6.94. The number of halogens is 2. The summed E-state index contributed by atoms with van der Waals surface area (Å²) in [6.45, 7) is 3.06. The van der Waals surface area contributed by atoms with Crippen molar-refractivity contribution >= 4 is 29.9 Å². The molecule has 0 aliphatic carbocycles. The minimum atomic E-state index is -0.0125. The van der Waals surface area contributed by atoms with E-state index < -0.39 is 0 Å². The van der Waals surface area contributed by atoms with Crippen LogP contribution in [0.3, 0.4) is 0 Å². The number of ether oxygens (including phenoxy) is 1. The molecule has 3 N–H and O–H groups in total. The number of nitrogens with two attached hydrogens (primary N) is 1. The largest absolute Gasteiger partial charge is 0.496 e. The van der Waals surface area contributed by atoms with Gasteiger partial charge < -0.3 is 15.8 Å². The molecule has 2 aromatic rings. The van der Waals surface area contributed by atoms with Crippen molar-refractivity contribution < 1.29 is 9.53 Å². The summed E-state index contributed by atoms with van der Waals surface area (Å²) in [5, 5.41) is 3.59. The highest BCUT2D eigenvalue weighted by Crippen LogP contribution is 2.31. The summed E-state index contributed by atoms with van der Waals surface area (Å²) in [5.74, 6) is 1.44. The number of carbonyl (C=O) groups is 1. The van der Waals surface area contributed by atoms with Gasteiger partial charge in [-0.25, -0.2) is 0 Å². The van der Waals surface area contributed by atoms with E-state index in [2.05, 4.69) is 34.5 Å². The molecule has 0 aromatic heterocycles. The van der Waals surface area contributed by atoms with E-state index in [9.17, 15) is 4.79 Å². The van der Waals surface area contributed by atoms with Gasteiger partial charge in [0.25, 0.3) is 0 Å². The van der Waals surface area contributed by atoms with Gasteiger partial charge in [0, 0.05) is 36.1 Å². The van der Waals surface area contributed by atoms with Crippen LogP contribution in [0.2, 0.25) is 5.02 Å². The van der Waals surface area contributed by atoms with Crippen molar-refractivity contribution in [2.24, 2.45) is 11.7 Å². The van der Waals surface area contributed by atoms with Crippen LogP contribution in [-0.2, 0) is 11.3 Å². The molecule has 7 heteroatoms. The van der Waals surface area contributed by atoms with E-state index in [1.54, 1.807) is 19.2 Å². The normalized spacial score (nSPS) is 19.1. The van der Waals surface area contributed by atoms with Crippen LogP contribution in [0.15, 0.2) is 48.5 Å². The molecule has 152 valence electrons. The molecular formula is C21H27Cl2N3O2. The molecular weight excluding hydrogens is 397 g/mol. The first-order valence-corrected chi connectivity index (χ1v) is 9.55. The van der Waals surface area contributed by atoms with Gasteiger partial charge >= 0.3 is 0 Å². The summed E-state index contributed by atoms with van der Waals surface area (Å²) >= 11 is 6.04. The summed E-state index contributed by atoms with van der Waals surface area (Å²) in [7, 11) is 1.61. The van der Waals surface area contributed by atoms with Crippen LogP contribution in [-0.4, -0.2) is 44.1 Å².